The van der Waals surface area contributed by atoms with Crippen LogP contribution in [0.4, 0.5) is 4.39 Å². The van der Waals surface area contributed by atoms with Crippen molar-refractivity contribution >= 4 is 11.6 Å². The van der Waals surface area contributed by atoms with E-state index in [1.54, 1.807) is 12.1 Å². The molecule has 0 radical (unpaired) electrons. The van der Waals surface area contributed by atoms with Gasteiger partial charge in [0.1, 0.15) is 5.82 Å². The highest BCUT2D eigenvalue weighted by Gasteiger charge is 2.24. The number of nitrogens with one attached hydrogen (secondary N) is 1. The van der Waals surface area contributed by atoms with E-state index in [1.165, 1.54) is 6.07 Å². The lowest BCUT2D eigenvalue weighted by molar-refractivity contribution is 0.148. The maximum atomic E-state index is 12.9. The fourth-order valence-electron chi connectivity index (χ4n) is 2.08. The second kappa shape index (κ2) is 5.13. The van der Waals surface area contributed by atoms with Crippen LogP contribution in [0.5, 0.6) is 0 Å². The van der Waals surface area contributed by atoms with Crippen LogP contribution in [0.25, 0.3) is 0 Å². The first-order valence-corrected chi connectivity index (χ1v) is 5.90. The number of hydrogen-bond donors (Lipinski definition) is 2. The Hall–Kier alpha value is -0.640. The van der Waals surface area contributed by atoms with Crippen molar-refractivity contribution < 1.29 is 9.50 Å². The molecule has 0 bridgehead atoms. The van der Waals surface area contributed by atoms with E-state index in [-0.39, 0.29) is 17.2 Å². The molecule has 16 heavy (non-hydrogen) atoms. The fraction of sp³-hybridized carbons (Fsp3) is 0.500. The Balaban J connectivity index is 1.91. The van der Waals surface area contributed by atoms with Gasteiger partial charge in [0.05, 0.1) is 11.1 Å². The topological polar surface area (TPSA) is 32.3 Å². The van der Waals surface area contributed by atoms with Crippen molar-refractivity contribution in [2.45, 2.75) is 38.0 Å². The van der Waals surface area contributed by atoms with Gasteiger partial charge in [-0.2, -0.15) is 0 Å². The van der Waals surface area contributed by atoms with Crippen LogP contribution in [-0.4, -0.2) is 17.3 Å². The van der Waals surface area contributed by atoms with Gasteiger partial charge in [-0.3, -0.25) is 0 Å². The molecule has 0 aromatic heterocycles. The fourth-order valence-corrected chi connectivity index (χ4v) is 2.28. The van der Waals surface area contributed by atoms with E-state index in [2.05, 4.69) is 5.32 Å². The molecule has 2 rings (SSSR count). The second-order valence-electron chi connectivity index (χ2n) is 4.23. The minimum atomic E-state index is -0.397. The molecule has 1 aliphatic rings. The first-order valence-electron chi connectivity index (χ1n) is 5.52. The first kappa shape index (κ1) is 11.8. The molecule has 2 nitrogen and oxygen atoms in total. The van der Waals surface area contributed by atoms with Gasteiger partial charge >= 0.3 is 0 Å². The van der Waals surface area contributed by atoms with Gasteiger partial charge in [-0.15, -0.1) is 0 Å². The lowest BCUT2D eigenvalue weighted by atomic mass is 10.1. The Morgan fingerprint density at radius 1 is 1.44 bits per heavy atom. The summed E-state index contributed by atoms with van der Waals surface area (Å²) < 4.78 is 12.9. The van der Waals surface area contributed by atoms with Gasteiger partial charge in [-0.05, 0) is 37.0 Å². The smallest absolute Gasteiger partial charge is 0.141 e. The summed E-state index contributed by atoms with van der Waals surface area (Å²) in [6.45, 7) is 0.613. The van der Waals surface area contributed by atoms with Gasteiger partial charge in [0, 0.05) is 12.6 Å². The highest BCUT2D eigenvalue weighted by atomic mass is 35.5. The molecule has 0 amide bonds. The lowest BCUT2D eigenvalue weighted by Crippen LogP contribution is -2.35. The van der Waals surface area contributed by atoms with Crippen LogP contribution in [0, 0.1) is 5.82 Å². The van der Waals surface area contributed by atoms with Gasteiger partial charge in [0.25, 0.3) is 0 Å². The van der Waals surface area contributed by atoms with Crippen LogP contribution in [0.3, 0.4) is 0 Å². The van der Waals surface area contributed by atoms with Gasteiger partial charge in [-0.1, -0.05) is 17.7 Å². The number of rotatable bonds is 3. The predicted octanol–water partition coefficient (Wildman–Crippen LogP) is 2.48. The summed E-state index contributed by atoms with van der Waals surface area (Å²) in [6.07, 6.45) is 2.66. The molecule has 0 unspecified atom stereocenters. The van der Waals surface area contributed by atoms with Crippen molar-refractivity contribution in [3.05, 3.63) is 34.6 Å². The molecule has 2 N–H and O–H groups in total. The predicted molar refractivity (Wildman–Crippen MR) is 61.9 cm³/mol. The molecular formula is C12H15ClFNO. The molecule has 4 heteroatoms. The summed E-state index contributed by atoms with van der Waals surface area (Å²) in [5.74, 6) is -0.397. The van der Waals surface area contributed by atoms with Crippen LogP contribution >= 0.6 is 11.6 Å². The minimum Gasteiger partial charge on any atom is -0.392 e. The Morgan fingerprint density at radius 2 is 2.25 bits per heavy atom. The molecule has 1 aliphatic carbocycles. The molecule has 1 saturated carbocycles. The molecule has 0 saturated heterocycles. The summed E-state index contributed by atoms with van der Waals surface area (Å²) in [5, 5.41) is 13.0. The summed E-state index contributed by atoms with van der Waals surface area (Å²) in [6, 6.07) is 4.84. The third-order valence-corrected chi connectivity index (χ3v) is 3.32. The van der Waals surface area contributed by atoms with Gasteiger partial charge in [0.2, 0.25) is 0 Å². The van der Waals surface area contributed by atoms with Crippen LogP contribution in [0.2, 0.25) is 5.02 Å². The highest BCUT2D eigenvalue weighted by Crippen LogP contribution is 2.20. The third kappa shape index (κ3) is 2.73. The average Bonchev–Trinajstić information content (AvgIpc) is 2.66. The van der Waals surface area contributed by atoms with Crippen LogP contribution in [-0.2, 0) is 6.54 Å². The van der Waals surface area contributed by atoms with E-state index in [4.69, 9.17) is 11.6 Å². The lowest BCUT2D eigenvalue weighted by Gasteiger charge is -2.16. The van der Waals surface area contributed by atoms with Crippen molar-refractivity contribution in [2.75, 3.05) is 0 Å². The standard InChI is InChI=1S/C12H15ClFNO/c13-9-6-8(4-5-10(9)14)7-15-11-2-1-3-12(11)16/h4-6,11-12,15-16H,1-3,7H2/t11-,12-/m0/s1. The average molecular weight is 244 g/mol. The van der Waals surface area contributed by atoms with Gasteiger partial charge in [0.15, 0.2) is 0 Å². The third-order valence-electron chi connectivity index (χ3n) is 3.03. The van der Waals surface area contributed by atoms with Crippen LogP contribution in [0.1, 0.15) is 24.8 Å². The first-order chi connectivity index (χ1) is 7.66. The maximum Gasteiger partial charge on any atom is 0.141 e. The summed E-state index contributed by atoms with van der Waals surface area (Å²) in [4.78, 5) is 0. The number of benzene rings is 1. The summed E-state index contributed by atoms with van der Waals surface area (Å²) >= 11 is 5.69. The maximum absolute atomic E-state index is 12.9. The van der Waals surface area contributed by atoms with E-state index in [0.717, 1.165) is 24.8 Å². The van der Waals surface area contributed by atoms with E-state index in [1.807, 2.05) is 0 Å². The Bertz CT molecular complexity index is 372. The zero-order valence-electron chi connectivity index (χ0n) is 8.92. The zero-order chi connectivity index (χ0) is 11.5. The van der Waals surface area contributed by atoms with Crippen LogP contribution < -0.4 is 5.32 Å². The van der Waals surface area contributed by atoms with E-state index >= 15 is 0 Å². The van der Waals surface area contributed by atoms with Crippen molar-refractivity contribution in [3.63, 3.8) is 0 Å². The molecule has 1 aromatic carbocycles. The minimum absolute atomic E-state index is 0.145. The zero-order valence-corrected chi connectivity index (χ0v) is 9.67. The number of aliphatic hydroxyl groups excluding tert-OH is 1. The van der Waals surface area contributed by atoms with E-state index in [0.29, 0.717) is 6.54 Å². The quantitative estimate of drug-likeness (QED) is 0.855. The Labute approximate surface area is 99.4 Å². The molecule has 0 spiro atoms. The molecule has 1 fully saturated rings. The van der Waals surface area contributed by atoms with E-state index in [9.17, 15) is 9.50 Å². The number of aliphatic hydroxyl groups is 1. The number of hydrogen-bond acceptors (Lipinski definition) is 2. The van der Waals surface area contributed by atoms with Gasteiger partial charge in [-0.25, -0.2) is 4.39 Å². The normalized spacial score (nSPS) is 24.9. The SMILES string of the molecule is O[C@H]1CCC[C@@H]1NCc1ccc(F)c(Cl)c1. The van der Waals surface area contributed by atoms with Crippen molar-refractivity contribution in [2.24, 2.45) is 0 Å². The van der Waals surface area contributed by atoms with Gasteiger partial charge < -0.3 is 10.4 Å². The Kier molecular flexibility index (Phi) is 3.79. The molecule has 88 valence electrons. The Morgan fingerprint density at radius 3 is 2.88 bits per heavy atom. The molecular weight excluding hydrogens is 229 g/mol. The summed E-state index contributed by atoms with van der Waals surface area (Å²) in [5.41, 5.74) is 0.936. The summed E-state index contributed by atoms with van der Waals surface area (Å²) in [7, 11) is 0. The van der Waals surface area contributed by atoms with Crippen molar-refractivity contribution in [1.29, 1.82) is 0 Å². The largest absolute Gasteiger partial charge is 0.392 e. The van der Waals surface area contributed by atoms with E-state index < -0.39 is 5.82 Å². The molecule has 0 aliphatic heterocycles. The highest BCUT2D eigenvalue weighted by molar-refractivity contribution is 6.30. The molecule has 0 heterocycles. The van der Waals surface area contributed by atoms with Crippen molar-refractivity contribution in [1.82, 2.24) is 5.32 Å². The molecule has 2 atom stereocenters. The second-order valence-corrected chi connectivity index (χ2v) is 4.64. The number of halogens is 2. The molecule has 1 aromatic rings. The van der Waals surface area contributed by atoms with Crippen LogP contribution in [0.15, 0.2) is 18.2 Å². The van der Waals surface area contributed by atoms with Crippen molar-refractivity contribution in [3.8, 4) is 0 Å². The monoisotopic (exact) mass is 243 g/mol.